The zero-order valence-corrected chi connectivity index (χ0v) is 14.3. The smallest absolute Gasteiger partial charge is 0.241 e. The van der Waals surface area contributed by atoms with E-state index in [9.17, 15) is 4.79 Å². The van der Waals surface area contributed by atoms with Gasteiger partial charge >= 0.3 is 0 Å². The molecule has 0 radical (unpaired) electrons. The Morgan fingerprint density at radius 1 is 1.12 bits per heavy atom. The van der Waals surface area contributed by atoms with Crippen molar-refractivity contribution in [2.75, 3.05) is 19.0 Å². The van der Waals surface area contributed by atoms with Crippen LogP contribution >= 0.6 is 12.4 Å². The minimum atomic E-state index is -0.0838. The summed E-state index contributed by atoms with van der Waals surface area (Å²) in [4.78, 5) is 12.1. The summed E-state index contributed by atoms with van der Waals surface area (Å²) < 4.78 is 11.1. The predicted octanol–water partition coefficient (Wildman–Crippen LogP) is 3.60. The predicted molar refractivity (Wildman–Crippen MR) is 96.4 cm³/mol. The molecule has 2 aromatic rings. The first-order chi connectivity index (χ1) is 11.3. The lowest BCUT2D eigenvalue weighted by molar-refractivity contribution is -0.117. The van der Waals surface area contributed by atoms with E-state index in [2.05, 4.69) is 10.6 Å². The Morgan fingerprint density at radius 2 is 1.83 bits per heavy atom. The van der Waals surface area contributed by atoms with Gasteiger partial charge in [-0.15, -0.1) is 12.4 Å². The molecule has 0 aromatic heterocycles. The van der Waals surface area contributed by atoms with Crippen molar-refractivity contribution in [3.8, 4) is 17.2 Å². The van der Waals surface area contributed by atoms with E-state index in [1.807, 2.05) is 48.5 Å². The van der Waals surface area contributed by atoms with Gasteiger partial charge in [0.2, 0.25) is 5.91 Å². The fourth-order valence-corrected chi connectivity index (χ4v) is 2.57. The molecular weight excluding hydrogens is 328 g/mol. The molecule has 6 heteroatoms. The standard InChI is InChI=1S/C18H20N2O3.ClH/c1-22-16-6-2-3-7-17(16)23-14-10-8-13(9-11-14)20-18(21)15-5-4-12-19-15;/h2-3,6-11,15,19H,4-5,12H2,1H3,(H,20,21);1H/t15-;/m0./s1. The number of methoxy groups -OCH3 is 1. The van der Waals surface area contributed by atoms with Gasteiger partial charge in [0.25, 0.3) is 0 Å². The fraction of sp³-hybridized carbons (Fsp3) is 0.278. The Hall–Kier alpha value is -2.24. The van der Waals surface area contributed by atoms with Crippen LogP contribution in [-0.2, 0) is 4.79 Å². The van der Waals surface area contributed by atoms with E-state index < -0.39 is 0 Å². The summed E-state index contributed by atoms with van der Waals surface area (Å²) >= 11 is 0. The number of halogens is 1. The Bertz CT molecular complexity index is 670. The lowest BCUT2D eigenvalue weighted by Crippen LogP contribution is -2.35. The molecule has 0 unspecified atom stereocenters. The van der Waals surface area contributed by atoms with Crippen molar-refractivity contribution in [1.29, 1.82) is 0 Å². The number of hydrogen-bond donors (Lipinski definition) is 2. The van der Waals surface area contributed by atoms with Crippen molar-refractivity contribution in [3.63, 3.8) is 0 Å². The zero-order chi connectivity index (χ0) is 16.1. The molecule has 0 spiro atoms. The Morgan fingerprint density at radius 3 is 2.46 bits per heavy atom. The maximum Gasteiger partial charge on any atom is 0.241 e. The highest BCUT2D eigenvalue weighted by Gasteiger charge is 2.21. The molecule has 1 atom stereocenters. The van der Waals surface area contributed by atoms with E-state index in [0.29, 0.717) is 17.2 Å². The van der Waals surface area contributed by atoms with Gasteiger partial charge in [-0.2, -0.15) is 0 Å². The van der Waals surface area contributed by atoms with Crippen molar-refractivity contribution >= 4 is 24.0 Å². The number of benzene rings is 2. The van der Waals surface area contributed by atoms with Gasteiger partial charge in [0.05, 0.1) is 13.2 Å². The number of rotatable bonds is 5. The first-order valence-corrected chi connectivity index (χ1v) is 7.71. The van der Waals surface area contributed by atoms with Gasteiger partial charge in [0.1, 0.15) is 5.75 Å². The van der Waals surface area contributed by atoms with Crippen molar-refractivity contribution in [2.24, 2.45) is 0 Å². The molecule has 5 nitrogen and oxygen atoms in total. The van der Waals surface area contributed by atoms with E-state index in [1.54, 1.807) is 7.11 Å². The van der Waals surface area contributed by atoms with Gasteiger partial charge in [-0.1, -0.05) is 12.1 Å². The molecule has 1 heterocycles. The molecule has 1 aliphatic rings. The van der Waals surface area contributed by atoms with E-state index in [1.165, 1.54) is 0 Å². The third-order valence-corrected chi connectivity index (χ3v) is 3.80. The van der Waals surface area contributed by atoms with Gasteiger partial charge in [-0.25, -0.2) is 0 Å². The molecule has 24 heavy (non-hydrogen) atoms. The lowest BCUT2D eigenvalue weighted by atomic mass is 10.2. The van der Waals surface area contributed by atoms with Crippen LogP contribution < -0.4 is 20.1 Å². The minimum absolute atomic E-state index is 0. The fourth-order valence-electron chi connectivity index (χ4n) is 2.57. The van der Waals surface area contributed by atoms with E-state index in [-0.39, 0.29) is 24.4 Å². The van der Waals surface area contributed by atoms with Crippen LogP contribution in [0.3, 0.4) is 0 Å². The topological polar surface area (TPSA) is 59.6 Å². The van der Waals surface area contributed by atoms with Crippen LogP contribution in [0, 0.1) is 0 Å². The number of para-hydroxylation sites is 2. The monoisotopic (exact) mass is 348 g/mol. The molecule has 1 aliphatic heterocycles. The highest BCUT2D eigenvalue weighted by atomic mass is 35.5. The number of carbonyl (C=O) groups is 1. The van der Waals surface area contributed by atoms with E-state index in [4.69, 9.17) is 9.47 Å². The molecule has 1 fully saturated rings. The van der Waals surface area contributed by atoms with Crippen molar-refractivity contribution in [1.82, 2.24) is 5.32 Å². The largest absolute Gasteiger partial charge is 0.493 e. The summed E-state index contributed by atoms with van der Waals surface area (Å²) in [7, 11) is 1.61. The lowest BCUT2D eigenvalue weighted by Gasteiger charge is -2.12. The van der Waals surface area contributed by atoms with E-state index >= 15 is 0 Å². The van der Waals surface area contributed by atoms with Gasteiger partial charge in [-0.05, 0) is 55.8 Å². The molecule has 2 N–H and O–H groups in total. The molecule has 128 valence electrons. The van der Waals surface area contributed by atoms with Crippen LogP contribution in [-0.4, -0.2) is 25.6 Å². The van der Waals surface area contributed by atoms with Crippen LogP contribution in [0.25, 0.3) is 0 Å². The highest BCUT2D eigenvalue weighted by molar-refractivity contribution is 5.95. The first-order valence-electron chi connectivity index (χ1n) is 7.71. The Balaban J connectivity index is 0.00000208. The highest BCUT2D eigenvalue weighted by Crippen LogP contribution is 2.31. The average Bonchev–Trinajstić information content (AvgIpc) is 3.12. The van der Waals surface area contributed by atoms with Crippen LogP contribution in [0.5, 0.6) is 17.2 Å². The number of anilines is 1. The minimum Gasteiger partial charge on any atom is -0.493 e. The van der Waals surface area contributed by atoms with Gasteiger partial charge in [-0.3, -0.25) is 4.79 Å². The SMILES string of the molecule is COc1ccccc1Oc1ccc(NC(=O)[C@@H]2CCCN2)cc1.Cl. The van der Waals surface area contributed by atoms with E-state index in [0.717, 1.165) is 25.1 Å². The molecule has 1 saturated heterocycles. The van der Waals surface area contributed by atoms with Gasteiger partial charge in [0.15, 0.2) is 11.5 Å². The van der Waals surface area contributed by atoms with Crippen LogP contribution in [0.4, 0.5) is 5.69 Å². The van der Waals surface area contributed by atoms with Crippen molar-refractivity contribution in [3.05, 3.63) is 48.5 Å². The average molecular weight is 349 g/mol. The summed E-state index contributed by atoms with van der Waals surface area (Å²) in [5.74, 6) is 2.03. The Labute approximate surface area is 147 Å². The van der Waals surface area contributed by atoms with Crippen molar-refractivity contribution < 1.29 is 14.3 Å². The second-order valence-corrected chi connectivity index (χ2v) is 5.42. The van der Waals surface area contributed by atoms with Crippen LogP contribution in [0.1, 0.15) is 12.8 Å². The van der Waals surface area contributed by atoms with Crippen LogP contribution in [0.15, 0.2) is 48.5 Å². The number of hydrogen-bond acceptors (Lipinski definition) is 4. The molecule has 3 rings (SSSR count). The molecular formula is C18H21ClN2O3. The van der Waals surface area contributed by atoms with Crippen molar-refractivity contribution in [2.45, 2.75) is 18.9 Å². The second kappa shape index (κ2) is 8.57. The molecule has 0 saturated carbocycles. The third kappa shape index (κ3) is 4.40. The van der Waals surface area contributed by atoms with Gasteiger partial charge in [0, 0.05) is 5.69 Å². The van der Waals surface area contributed by atoms with Crippen LogP contribution in [0.2, 0.25) is 0 Å². The number of carbonyl (C=O) groups excluding carboxylic acids is 1. The number of nitrogens with one attached hydrogen (secondary N) is 2. The third-order valence-electron chi connectivity index (χ3n) is 3.80. The molecule has 2 aromatic carbocycles. The molecule has 1 amide bonds. The molecule has 0 aliphatic carbocycles. The summed E-state index contributed by atoms with van der Waals surface area (Å²) in [5.41, 5.74) is 0.760. The first kappa shape index (κ1) is 18.1. The summed E-state index contributed by atoms with van der Waals surface area (Å²) in [5, 5.41) is 6.10. The maximum atomic E-state index is 12.1. The zero-order valence-electron chi connectivity index (χ0n) is 13.5. The summed E-state index contributed by atoms with van der Waals surface area (Å²) in [6.07, 6.45) is 1.94. The molecule has 0 bridgehead atoms. The number of ether oxygens (including phenoxy) is 2. The number of amides is 1. The Kier molecular flexibility index (Phi) is 6.46. The summed E-state index contributed by atoms with van der Waals surface area (Å²) in [6, 6.07) is 14.7. The quantitative estimate of drug-likeness (QED) is 0.866. The van der Waals surface area contributed by atoms with Gasteiger partial charge < -0.3 is 20.1 Å². The second-order valence-electron chi connectivity index (χ2n) is 5.42. The summed E-state index contributed by atoms with van der Waals surface area (Å²) in [6.45, 7) is 0.907. The normalized spacial score (nSPS) is 16.1. The maximum absolute atomic E-state index is 12.1.